The number of rotatable bonds is 6. The maximum atomic E-state index is 6.36. The van der Waals surface area contributed by atoms with Gasteiger partial charge in [-0.1, -0.05) is 60.3 Å². The summed E-state index contributed by atoms with van der Waals surface area (Å²) in [7, 11) is 3.22. The largest absolute Gasteiger partial charge is 0.493 e. The van der Waals surface area contributed by atoms with Crippen molar-refractivity contribution >= 4 is 17.4 Å². The third-order valence-electron chi connectivity index (χ3n) is 5.25. The lowest BCUT2D eigenvalue weighted by Gasteiger charge is -2.20. The zero-order chi connectivity index (χ0) is 22.6. The molecule has 0 fully saturated rings. The molecule has 4 aromatic rings. The number of benzene rings is 3. The number of thioether (sulfide) groups is 1. The minimum absolute atomic E-state index is 0.429. The molecule has 1 aliphatic rings. The van der Waals surface area contributed by atoms with E-state index in [4.69, 9.17) is 19.2 Å². The first-order valence-corrected chi connectivity index (χ1v) is 11.4. The van der Waals surface area contributed by atoms with Gasteiger partial charge in [-0.3, -0.25) is 0 Å². The van der Waals surface area contributed by atoms with Crippen molar-refractivity contribution in [3.05, 3.63) is 83.9 Å². The summed E-state index contributed by atoms with van der Waals surface area (Å²) in [5.74, 6) is 2.45. The molecule has 0 aliphatic carbocycles. The molecular weight excluding hydrogens is 436 g/mol. The van der Waals surface area contributed by atoms with Crippen molar-refractivity contribution in [2.75, 3.05) is 19.5 Å². The lowest BCUT2D eigenvalue weighted by Crippen LogP contribution is -2.17. The van der Waals surface area contributed by atoms with Crippen molar-refractivity contribution in [3.8, 4) is 28.6 Å². The predicted octanol–water partition coefficient (Wildman–Crippen LogP) is 5.35. The molecule has 7 nitrogen and oxygen atoms in total. The molecule has 3 aromatic carbocycles. The molecule has 1 aromatic heterocycles. The quantitative estimate of drug-likeness (QED) is 0.387. The number of hydrogen-bond donors (Lipinski definition) is 1. The van der Waals surface area contributed by atoms with E-state index in [0.717, 1.165) is 22.6 Å². The Labute approximate surface area is 196 Å². The van der Waals surface area contributed by atoms with Crippen LogP contribution in [-0.2, 0) is 5.75 Å². The Bertz CT molecular complexity index is 1270. The second-order valence-electron chi connectivity index (χ2n) is 7.32. The van der Waals surface area contributed by atoms with Crippen LogP contribution in [0.25, 0.3) is 11.3 Å². The SMILES string of the molecule is COc1ccc([C@H]2Nc3ccccc3-c3nnc(SCc4ccccc4)nc3O2)cc1OC. The Balaban J connectivity index is 1.50. The fourth-order valence-corrected chi connectivity index (χ4v) is 4.33. The van der Waals surface area contributed by atoms with Crippen LogP contribution >= 0.6 is 11.8 Å². The average molecular weight is 459 g/mol. The number of ether oxygens (including phenoxy) is 3. The minimum Gasteiger partial charge on any atom is -0.493 e. The molecule has 33 heavy (non-hydrogen) atoms. The van der Waals surface area contributed by atoms with Gasteiger partial charge in [0.25, 0.3) is 0 Å². The Morgan fingerprint density at radius 1 is 0.909 bits per heavy atom. The Kier molecular flexibility index (Phi) is 5.99. The Morgan fingerprint density at radius 3 is 2.52 bits per heavy atom. The highest BCUT2D eigenvalue weighted by Gasteiger charge is 2.26. The van der Waals surface area contributed by atoms with Gasteiger partial charge in [0.15, 0.2) is 23.4 Å². The molecule has 0 amide bonds. The smallest absolute Gasteiger partial charge is 0.247 e. The first-order chi connectivity index (χ1) is 16.2. The first kappa shape index (κ1) is 21.1. The van der Waals surface area contributed by atoms with Gasteiger partial charge in [0, 0.05) is 22.6 Å². The second-order valence-corrected chi connectivity index (χ2v) is 8.27. The van der Waals surface area contributed by atoms with Gasteiger partial charge < -0.3 is 19.5 Å². The number of nitrogens with one attached hydrogen (secondary N) is 1. The van der Waals surface area contributed by atoms with Crippen molar-refractivity contribution in [3.63, 3.8) is 0 Å². The number of hydrogen-bond acceptors (Lipinski definition) is 8. The molecule has 2 heterocycles. The maximum Gasteiger partial charge on any atom is 0.247 e. The van der Waals surface area contributed by atoms with Gasteiger partial charge in [-0.15, -0.1) is 10.2 Å². The van der Waals surface area contributed by atoms with E-state index < -0.39 is 6.23 Å². The van der Waals surface area contributed by atoms with E-state index in [1.165, 1.54) is 17.3 Å². The topological polar surface area (TPSA) is 78.4 Å². The van der Waals surface area contributed by atoms with Gasteiger partial charge in [0.2, 0.25) is 11.0 Å². The standard InChI is InChI=1S/C25H22N4O3S/c1-30-20-13-12-17(14-21(20)31-2)23-26-19-11-7-6-10-18(19)22-24(32-23)27-25(29-28-22)33-15-16-8-4-3-5-9-16/h3-14,23,26H,15H2,1-2H3/t23-/m0/s1. The third kappa shape index (κ3) is 4.42. The molecule has 0 spiro atoms. The van der Waals surface area contributed by atoms with E-state index in [1.54, 1.807) is 14.2 Å². The lowest BCUT2D eigenvalue weighted by atomic mass is 10.1. The van der Waals surface area contributed by atoms with Crippen LogP contribution < -0.4 is 19.5 Å². The summed E-state index contributed by atoms with van der Waals surface area (Å²) in [4.78, 5) is 4.71. The van der Waals surface area contributed by atoms with E-state index >= 15 is 0 Å². The molecule has 1 N–H and O–H groups in total. The van der Waals surface area contributed by atoms with Crippen LogP contribution in [0.1, 0.15) is 17.4 Å². The molecule has 0 saturated carbocycles. The van der Waals surface area contributed by atoms with Crippen molar-refractivity contribution in [2.24, 2.45) is 0 Å². The second kappa shape index (κ2) is 9.38. The molecule has 0 radical (unpaired) electrons. The van der Waals surface area contributed by atoms with Crippen LogP contribution in [0.3, 0.4) is 0 Å². The molecule has 8 heteroatoms. The first-order valence-electron chi connectivity index (χ1n) is 10.4. The van der Waals surface area contributed by atoms with Crippen LogP contribution in [0, 0.1) is 0 Å². The zero-order valence-electron chi connectivity index (χ0n) is 18.2. The number of fused-ring (bicyclic) bond motifs is 3. The highest BCUT2D eigenvalue weighted by atomic mass is 32.2. The third-order valence-corrected chi connectivity index (χ3v) is 6.16. The number of aromatic nitrogens is 3. The summed E-state index contributed by atoms with van der Waals surface area (Å²) in [6, 6.07) is 23.8. The van der Waals surface area contributed by atoms with Crippen LogP contribution in [0.4, 0.5) is 5.69 Å². The molecule has 5 rings (SSSR count). The summed E-state index contributed by atoms with van der Waals surface area (Å²) >= 11 is 1.52. The van der Waals surface area contributed by atoms with Gasteiger partial charge in [-0.05, 0) is 29.8 Å². The Morgan fingerprint density at radius 2 is 1.70 bits per heavy atom. The fraction of sp³-hybridized carbons (Fsp3) is 0.160. The summed E-state index contributed by atoms with van der Waals surface area (Å²) in [6.07, 6.45) is -0.504. The Hall–Kier alpha value is -3.78. The monoisotopic (exact) mass is 458 g/mol. The van der Waals surface area contributed by atoms with E-state index in [1.807, 2.05) is 60.7 Å². The zero-order valence-corrected chi connectivity index (χ0v) is 19.0. The molecule has 0 unspecified atom stereocenters. The summed E-state index contributed by atoms with van der Waals surface area (Å²) in [5, 5.41) is 12.8. The average Bonchev–Trinajstić information content (AvgIpc) is 3.04. The maximum absolute atomic E-state index is 6.36. The van der Waals surface area contributed by atoms with Crippen LogP contribution in [0.5, 0.6) is 17.4 Å². The van der Waals surface area contributed by atoms with Crippen LogP contribution in [0.15, 0.2) is 78.0 Å². The van der Waals surface area contributed by atoms with Crippen molar-refractivity contribution in [2.45, 2.75) is 17.1 Å². The lowest BCUT2D eigenvalue weighted by molar-refractivity contribution is 0.224. The molecule has 166 valence electrons. The van der Waals surface area contributed by atoms with E-state index in [-0.39, 0.29) is 0 Å². The molecular formula is C25H22N4O3S. The van der Waals surface area contributed by atoms with Crippen LogP contribution in [0.2, 0.25) is 0 Å². The summed E-state index contributed by atoms with van der Waals surface area (Å²) in [6.45, 7) is 0. The normalized spacial score (nSPS) is 14.2. The molecule has 0 bridgehead atoms. The number of para-hydroxylation sites is 1. The van der Waals surface area contributed by atoms with Gasteiger partial charge in [0.05, 0.1) is 14.2 Å². The minimum atomic E-state index is -0.504. The van der Waals surface area contributed by atoms with Gasteiger partial charge in [-0.2, -0.15) is 4.98 Å². The van der Waals surface area contributed by atoms with E-state index in [2.05, 4.69) is 27.6 Å². The van der Waals surface area contributed by atoms with Gasteiger partial charge >= 0.3 is 0 Å². The van der Waals surface area contributed by atoms with E-state index in [9.17, 15) is 0 Å². The molecule has 1 atom stereocenters. The van der Waals surface area contributed by atoms with Crippen LogP contribution in [-0.4, -0.2) is 29.4 Å². The van der Waals surface area contributed by atoms with Gasteiger partial charge in [0.1, 0.15) is 0 Å². The molecule has 1 aliphatic heterocycles. The van der Waals surface area contributed by atoms with Gasteiger partial charge in [-0.25, -0.2) is 0 Å². The highest BCUT2D eigenvalue weighted by molar-refractivity contribution is 7.98. The summed E-state index contributed by atoms with van der Waals surface area (Å²) in [5.41, 5.74) is 4.43. The number of methoxy groups -OCH3 is 2. The van der Waals surface area contributed by atoms with Crippen molar-refractivity contribution in [1.82, 2.24) is 15.2 Å². The highest BCUT2D eigenvalue weighted by Crippen LogP contribution is 2.40. The van der Waals surface area contributed by atoms with E-state index in [0.29, 0.717) is 28.2 Å². The molecule has 0 saturated heterocycles. The number of anilines is 1. The summed E-state index contributed by atoms with van der Waals surface area (Å²) < 4.78 is 17.2. The predicted molar refractivity (Wildman–Crippen MR) is 128 cm³/mol. The van der Waals surface area contributed by atoms with Crippen molar-refractivity contribution < 1.29 is 14.2 Å². The fourth-order valence-electron chi connectivity index (χ4n) is 3.60. The number of nitrogens with zero attached hydrogens (tertiary/aromatic N) is 3. The van der Waals surface area contributed by atoms with Crippen molar-refractivity contribution in [1.29, 1.82) is 0 Å².